The van der Waals surface area contributed by atoms with Gasteiger partial charge in [-0.3, -0.25) is 9.88 Å². The van der Waals surface area contributed by atoms with Gasteiger partial charge in [-0.25, -0.2) is 4.79 Å². The molecule has 2 amide bonds. The maximum atomic E-state index is 12.9. The van der Waals surface area contributed by atoms with E-state index >= 15 is 0 Å². The lowest BCUT2D eigenvalue weighted by atomic mass is 9.77. The topological polar surface area (TPSA) is 57.3 Å². The minimum absolute atomic E-state index is 0.123. The zero-order valence-corrected chi connectivity index (χ0v) is 17.6. The monoisotopic (exact) mass is 412 g/mol. The second-order valence-electron chi connectivity index (χ2n) is 8.57. The second-order valence-corrected chi connectivity index (χ2v) is 8.57. The van der Waals surface area contributed by atoms with Crippen LogP contribution in [0.2, 0.25) is 0 Å². The van der Waals surface area contributed by atoms with Crippen molar-refractivity contribution in [2.45, 2.75) is 31.3 Å². The highest BCUT2D eigenvalue weighted by molar-refractivity contribution is 5.89. The van der Waals surface area contributed by atoms with E-state index in [0.717, 1.165) is 43.6 Å². The van der Waals surface area contributed by atoms with E-state index in [4.69, 9.17) is 0 Å². The van der Waals surface area contributed by atoms with Crippen LogP contribution in [-0.2, 0) is 6.42 Å². The van der Waals surface area contributed by atoms with Crippen molar-refractivity contribution < 1.29 is 4.79 Å². The zero-order valence-electron chi connectivity index (χ0n) is 17.6. The Labute approximate surface area is 183 Å². The van der Waals surface area contributed by atoms with Gasteiger partial charge in [-0.05, 0) is 73.2 Å². The fourth-order valence-corrected chi connectivity index (χ4v) is 5.08. The summed E-state index contributed by atoms with van der Waals surface area (Å²) in [6, 6.07) is 22.7. The summed E-state index contributed by atoms with van der Waals surface area (Å²) in [5.41, 5.74) is 4.34. The van der Waals surface area contributed by atoms with Gasteiger partial charge in [0.2, 0.25) is 0 Å². The number of nitrogens with zero attached hydrogens (tertiary/aromatic N) is 2. The van der Waals surface area contributed by atoms with Crippen molar-refractivity contribution in [2.24, 2.45) is 5.92 Å². The van der Waals surface area contributed by atoms with E-state index in [1.54, 1.807) is 0 Å². The first-order valence-electron chi connectivity index (χ1n) is 11.1. The molecule has 2 atom stereocenters. The first-order chi connectivity index (χ1) is 15.3. The van der Waals surface area contributed by atoms with Crippen LogP contribution in [0.3, 0.4) is 0 Å². The van der Waals surface area contributed by atoms with E-state index in [9.17, 15) is 4.79 Å². The molecule has 1 aromatic heterocycles. The predicted molar refractivity (Wildman–Crippen MR) is 124 cm³/mol. The van der Waals surface area contributed by atoms with Gasteiger partial charge in [-0.2, -0.15) is 0 Å². The summed E-state index contributed by atoms with van der Waals surface area (Å²) in [5, 5.41) is 6.33. The molecule has 0 aliphatic carbocycles. The van der Waals surface area contributed by atoms with Crippen LogP contribution in [0.15, 0.2) is 79.1 Å². The highest BCUT2D eigenvalue weighted by Gasteiger charge is 2.42. The SMILES string of the molecule is O=C(Nc1ccc(-c2ccccc2)cc1)N[C@@H]1C2CCN(CC2)[C@@H]1Cc1cccnc1. The van der Waals surface area contributed by atoms with Gasteiger partial charge in [0.15, 0.2) is 0 Å². The van der Waals surface area contributed by atoms with Crippen molar-refractivity contribution in [3.63, 3.8) is 0 Å². The zero-order chi connectivity index (χ0) is 21.0. The molecule has 5 nitrogen and oxygen atoms in total. The van der Waals surface area contributed by atoms with E-state index in [1.165, 1.54) is 11.1 Å². The standard InChI is InChI=1S/C26H28N4O/c31-26(28-23-10-8-21(9-11-23)20-6-2-1-3-7-20)29-25-22-12-15-30(16-13-22)24(25)17-19-5-4-14-27-18-19/h1-11,14,18,22,24-25H,12-13,15-17H2,(H2,28,29,31)/t24-,25-/m1/s1. The summed E-state index contributed by atoms with van der Waals surface area (Å²) in [4.78, 5) is 19.7. The molecule has 0 unspecified atom stereocenters. The van der Waals surface area contributed by atoms with Gasteiger partial charge < -0.3 is 10.6 Å². The van der Waals surface area contributed by atoms with Crippen molar-refractivity contribution in [1.82, 2.24) is 15.2 Å². The van der Waals surface area contributed by atoms with Gasteiger partial charge >= 0.3 is 6.03 Å². The number of anilines is 1. The lowest BCUT2D eigenvalue weighted by molar-refractivity contribution is 0.0184. The quantitative estimate of drug-likeness (QED) is 0.645. The number of carbonyl (C=O) groups is 1. The molecule has 2 aromatic carbocycles. The number of nitrogens with one attached hydrogen (secondary N) is 2. The van der Waals surface area contributed by atoms with Crippen LogP contribution in [0, 0.1) is 5.92 Å². The molecule has 158 valence electrons. The minimum atomic E-state index is -0.123. The molecule has 0 radical (unpaired) electrons. The first kappa shape index (κ1) is 19.8. The third-order valence-electron chi connectivity index (χ3n) is 6.68. The number of piperidine rings is 3. The van der Waals surface area contributed by atoms with Gasteiger partial charge in [0.1, 0.15) is 0 Å². The fraction of sp³-hybridized carbons (Fsp3) is 0.308. The van der Waals surface area contributed by atoms with Crippen LogP contribution >= 0.6 is 0 Å². The predicted octanol–water partition coefficient (Wildman–Crippen LogP) is 4.58. The number of fused-ring (bicyclic) bond motifs is 3. The third kappa shape index (κ3) is 4.47. The number of aromatic nitrogens is 1. The number of rotatable bonds is 5. The van der Waals surface area contributed by atoms with Crippen LogP contribution in [0.25, 0.3) is 11.1 Å². The highest BCUT2D eigenvalue weighted by Crippen LogP contribution is 2.34. The molecule has 3 aromatic rings. The molecule has 0 spiro atoms. The van der Waals surface area contributed by atoms with E-state index in [1.807, 2.05) is 60.9 Å². The van der Waals surface area contributed by atoms with Crippen molar-refractivity contribution >= 4 is 11.7 Å². The Kier molecular flexibility index (Phi) is 5.67. The molecule has 3 aliphatic heterocycles. The Morgan fingerprint density at radius 3 is 2.39 bits per heavy atom. The lowest BCUT2D eigenvalue weighted by Gasteiger charge is -2.51. The molecule has 5 heteroatoms. The number of carbonyl (C=O) groups excluding carboxylic acids is 1. The number of hydrogen-bond acceptors (Lipinski definition) is 3. The van der Waals surface area contributed by atoms with Crippen molar-refractivity contribution in [2.75, 3.05) is 18.4 Å². The van der Waals surface area contributed by atoms with E-state index in [-0.39, 0.29) is 12.1 Å². The van der Waals surface area contributed by atoms with Crippen LogP contribution in [-0.4, -0.2) is 41.1 Å². The number of urea groups is 1. The van der Waals surface area contributed by atoms with Gasteiger partial charge in [-0.15, -0.1) is 0 Å². The first-order valence-corrected chi connectivity index (χ1v) is 11.1. The molecule has 4 heterocycles. The van der Waals surface area contributed by atoms with Crippen molar-refractivity contribution in [3.8, 4) is 11.1 Å². The summed E-state index contributed by atoms with van der Waals surface area (Å²) < 4.78 is 0. The molecule has 3 fully saturated rings. The Morgan fingerprint density at radius 2 is 1.68 bits per heavy atom. The average Bonchev–Trinajstić information content (AvgIpc) is 2.83. The minimum Gasteiger partial charge on any atom is -0.333 e. The summed E-state index contributed by atoms with van der Waals surface area (Å²) >= 11 is 0. The normalized spacial score (nSPS) is 24.5. The Morgan fingerprint density at radius 1 is 0.935 bits per heavy atom. The third-order valence-corrected chi connectivity index (χ3v) is 6.68. The summed E-state index contributed by atoms with van der Waals surface area (Å²) in [7, 11) is 0. The van der Waals surface area contributed by atoms with E-state index in [2.05, 4.69) is 38.7 Å². The molecule has 3 saturated heterocycles. The maximum Gasteiger partial charge on any atom is 0.319 e. The van der Waals surface area contributed by atoms with Gasteiger partial charge in [-0.1, -0.05) is 48.5 Å². The van der Waals surface area contributed by atoms with Gasteiger partial charge in [0.25, 0.3) is 0 Å². The number of pyridine rings is 1. The van der Waals surface area contributed by atoms with Crippen molar-refractivity contribution in [1.29, 1.82) is 0 Å². The average molecular weight is 413 g/mol. The summed E-state index contributed by atoms with van der Waals surface area (Å²) in [6.45, 7) is 2.24. The molecule has 3 aliphatic rings. The smallest absolute Gasteiger partial charge is 0.319 e. The van der Waals surface area contributed by atoms with Crippen molar-refractivity contribution in [3.05, 3.63) is 84.7 Å². The van der Waals surface area contributed by atoms with Gasteiger partial charge in [0, 0.05) is 30.2 Å². The Balaban J connectivity index is 1.25. The highest BCUT2D eigenvalue weighted by atomic mass is 16.2. The second kappa shape index (κ2) is 8.90. The van der Waals surface area contributed by atoms with E-state index in [0.29, 0.717) is 12.0 Å². The molecule has 6 rings (SSSR count). The molecule has 2 bridgehead atoms. The molecule has 31 heavy (non-hydrogen) atoms. The van der Waals surface area contributed by atoms with Crippen LogP contribution < -0.4 is 10.6 Å². The Hall–Kier alpha value is -3.18. The molecular weight excluding hydrogens is 384 g/mol. The number of hydrogen-bond donors (Lipinski definition) is 2. The van der Waals surface area contributed by atoms with Crippen LogP contribution in [0.5, 0.6) is 0 Å². The summed E-state index contributed by atoms with van der Waals surface area (Å²) in [6.07, 6.45) is 6.97. The molecular formula is C26H28N4O. The number of amides is 2. The molecule has 2 N–H and O–H groups in total. The Bertz CT molecular complexity index is 999. The van der Waals surface area contributed by atoms with Crippen LogP contribution in [0.4, 0.5) is 10.5 Å². The van der Waals surface area contributed by atoms with Crippen LogP contribution in [0.1, 0.15) is 18.4 Å². The summed E-state index contributed by atoms with van der Waals surface area (Å²) in [5.74, 6) is 0.540. The largest absolute Gasteiger partial charge is 0.333 e. The van der Waals surface area contributed by atoms with E-state index < -0.39 is 0 Å². The van der Waals surface area contributed by atoms with Gasteiger partial charge in [0.05, 0.1) is 0 Å². The fourth-order valence-electron chi connectivity index (χ4n) is 5.08. The lowest BCUT2D eigenvalue weighted by Crippen LogP contribution is -2.64. The number of benzene rings is 2. The maximum absolute atomic E-state index is 12.9. The molecule has 0 saturated carbocycles.